The Labute approximate surface area is 176 Å². The zero-order valence-corrected chi connectivity index (χ0v) is 17.4. The maximum atomic E-state index is 13.1. The zero-order chi connectivity index (χ0) is 20.6. The highest BCUT2D eigenvalue weighted by Crippen LogP contribution is 2.28. The zero-order valence-electron chi connectivity index (χ0n) is 16.6. The first kappa shape index (κ1) is 21.0. The molecule has 2 aromatic carbocycles. The molecule has 1 N–H and O–H groups in total. The van der Waals surface area contributed by atoms with Crippen LogP contribution >= 0.6 is 11.6 Å². The van der Waals surface area contributed by atoms with Gasteiger partial charge in [0.1, 0.15) is 5.75 Å². The van der Waals surface area contributed by atoms with Gasteiger partial charge in [-0.3, -0.25) is 4.79 Å². The number of piperazine rings is 1. The van der Waals surface area contributed by atoms with Crippen molar-refractivity contribution in [3.05, 3.63) is 53.6 Å². The number of nitrogens with one attached hydrogen (secondary N) is 1. The Morgan fingerprint density at radius 1 is 1.21 bits per heavy atom. The number of para-hydroxylation sites is 3. The number of hydrogen-bond acceptors (Lipinski definition) is 4. The number of methoxy groups -OCH3 is 1. The average Bonchev–Trinajstić information content (AvgIpc) is 2.75. The highest BCUT2D eigenvalue weighted by Gasteiger charge is 2.27. The minimum Gasteiger partial charge on any atom is -0.495 e. The van der Waals surface area contributed by atoms with E-state index in [0.717, 1.165) is 36.9 Å². The number of ether oxygens (including phenoxy) is 1. The minimum atomic E-state index is 0.00550. The van der Waals surface area contributed by atoms with Crippen LogP contribution in [0.3, 0.4) is 0 Å². The van der Waals surface area contributed by atoms with Crippen LogP contribution in [0.1, 0.15) is 6.42 Å². The maximum absolute atomic E-state index is 13.1. The second kappa shape index (κ2) is 10.1. The number of halogens is 1. The molecule has 2 aromatic rings. The average molecular weight is 414 g/mol. The standard InChI is InChI=1S/C22H25ClN4O2/c1-29-21-10-5-4-9-20(21)27(12-6-11-24)22(28)17-25-13-15-26(16-14-25)19-8-3-2-7-18(19)23/h2-5,7-10H,6,12-17H2,1H3/p+1. The SMILES string of the molecule is COc1ccccc1N(CCC#N)C(=O)C[NH+]1CCN(c2ccccc2Cl)CC1. The van der Waals surface area contributed by atoms with Crippen LogP contribution in [-0.2, 0) is 4.79 Å². The number of benzene rings is 2. The van der Waals surface area contributed by atoms with E-state index in [1.807, 2.05) is 48.5 Å². The Kier molecular flexibility index (Phi) is 7.34. The Bertz CT molecular complexity index is 875. The summed E-state index contributed by atoms with van der Waals surface area (Å²) in [6.07, 6.45) is 0.277. The Hall–Kier alpha value is -2.75. The number of carbonyl (C=O) groups is 1. The van der Waals surface area contributed by atoms with E-state index in [0.29, 0.717) is 24.5 Å². The molecule has 1 aliphatic heterocycles. The second-order valence-electron chi connectivity index (χ2n) is 6.99. The first-order chi connectivity index (χ1) is 14.1. The number of rotatable bonds is 7. The molecule has 0 saturated carbocycles. The minimum absolute atomic E-state index is 0.00550. The van der Waals surface area contributed by atoms with E-state index >= 15 is 0 Å². The van der Waals surface area contributed by atoms with Gasteiger partial charge in [0.25, 0.3) is 5.91 Å². The molecule has 1 fully saturated rings. The Balaban J connectivity index is 1.65. The largest absolute Gasteiger partial charge is 0.495 e. The molecular weight excluding hydrogens is 388 g/mol. The van der Waals surface area contributed by atoms with E-state index in [1.54, 1.807) is 12.0 Å². The van der Waals surface area contributed by atoms with Crippen LogP contribution in [-0.4, -0.2) is 52.3 Å². The van der Waals surface area contributed by atoms with E-state index in [1.165, 1.54) is 4.90 Å². The van der Waals surface area contributed by atoms with Gasteiger partial charge in [0.2, 0.25) is 0 Å². The quantitative estimate of drug-likeness (QED) is 0.754. The molecule has 7 heteroatoms. The molecule has 0 aromatic heterocycles. The third-order valence-corrected chi connectivity index (χ3v) is 5.51. The molecule has 0 spiro atoms. The van der Waals surface area contributed by atoms with Crippen LogP contribution in [0.5, 0.6) is 5.75 Å². The van der Waals surface area contributed by atoms with Gasteiger partial charge in [-0.05, 0) is 24.3 Å². The molecule has 1 saturated heterocycles. The van der Waals surface area contributed by atoms with Crippen molar-refractivity contribution >= 4 is 28.9 Å². The molecule has 29 heavy (non-hydrogen) atoms. The van der Waals surface area contributed by atoms with E-state index in [9.17, 15) is 4.79 Å². The molecule has 6 nitrogen and oxygen atoms in total. The van der Waals surface area contributed by atoms with E-state index in [-0.39, 0.29) is 12.3 Å². The van der Waals surface area contributed by atoms with Gasteiger partial charge >= 0.3 is 0 Å². The van der Waals surface area contributed by atoms with Crippen LogP contribution in [0.25, 0.3) is 0 Å². The normalized spacial score (nSPS) is 14.3. The van der Waals surface area contributed by atoms with Crippen LogP contribution in [0.2, 0.25) is 5.02 Å². The number of amides is 1. The molecule has 1 heterocycles. The van der Waals surface area contributed by atoms with Gasteiger partial charge in [0.15, 0.2) is 6.54 Å². The van der Waals surface area contributed by atoms with E-state index in [4.69, 9.17) is 21.6 Å². The smallest absolute Gasteiger partial charge is 0.282 e. The van der Waals surface area contributed by atoms with E-state index in [2.05, 4.69) is 11.0 Å². The number of quaternary nitrogens is 1. The molecule has 0 bridgehead atoms. The van der Waals surface area contributed by atoms with Crippen molar-refractivity contribution in [2.45, 2.75) is 6.42 Å². The van der Waals surface area contributed by atoms with Crippen LogP contribution < -0.4 is 19.4 Å². The molecule has 0 radical (unpaired) electrons. The van der Waals surface area contributed by atoms with Gasteiger partial charge in [-0.15, -0.1) is 0 Å². The molecule has 152 valence electrons. The number of nitrogens with zero attached hydrogens (tertiary/aromatic N) is 3. The second-order valence-corrected chi connectivity index (χ2v) is 7.40. The van der Waals surface area contributed by atoms with Gasteiger partial charge in [-0.2, -0.15) is 5.26 Å². The van der Waals surface area contributed by atoms with Gasteiger partial charge in [0, 0.05) is 6.54 Å². The summed E-state index contributed by atoms with van der Waals surface area (Å²) in [7, 11) is 1.59. The maximum Gasteiger partial charge on any atom is 0.282 e. The predicted octanol–water partition coefficient (Wildman–Crippen LogP) is 2.00. The summed E-state index contributed by atoms with van der Waals surface area (Å²) in [6, 6.07) is 17.4. The number of carbonyl (C=O) groups excluding carboxylic acids is 1. The fraction of sp³-hybridized carbons (Fsp3) is 0.364. The summed E-state index contributed by atoms with van der Waals surface area (Å²) in [5, 5.41) is 9.77. The van der Waals surface area contributed by atoms with Crippen LogP contribution in [0, 0.1) is 11.3 Å². The summed E-state index contributed by atoms with van der Waals surface area (Å²) < 4.78 is 5.42. The summed E-state index contributed by atoms with van der Waals surface area (Å²) >= 11 is 6.32. The third-order valence-electron chi connectivity index (χ3n) is 5.19. The molecule has 1 aliphatic rings. The van der Waals surface area contributed by atoms with Gasteiger partial charge < -0.3 is 19.4 Å². The highest BCUT2D eigenvalue weighted by molar-refractivity contribution is 6.33. The Morgan fingerprint density at radius 3 is 2.59 bits per heavy atom. The van der Waals surface area contributed by atoms with Crippen molar-refractivity contribution in [2.24, 2.45) is 0 Å². The molecule has 0 atom stereocenters. The fourth-order valence-corrected chi connectivity index (χ4v) is 3.91. The molecular formula is C22H26ClN4O2+. The molecule has 1 amide bonds. The summed E-state index contributed by atoms with van der Waals surface area (Å²) in [4.78, 5) is 18.3. The lowest BCUT2D eigenvalue weighted by atomic mass is 10.2. The molecule has 0 aliphatic carbocycles. The van der Waals surface area contributed by atoms with Crippen molar-refractivity contribution in [2.75, 3.05) is 56.2 Å². The monoisotopic (exact) mass is 413 g/mol. The van der Waals surface area contributed by atoms with E-state index < -0.39 is 0 Å². The van der Waals surface area contributed by atoms with Crippen molar-refractivity contribution in [1.29, 1.82) is 5.26 Å². The van der Waals surface area contributed by atoms with Crippen LogP contribution in [0.15, 0.2) is 48.5 Å². The number of nitriles is 1. The van der Waals surface area contributed by atoms with Gasteiger partial charge in [-0.1, -0.05) is 35.9 Å². The summed E-state index contributed by atoms with van der Waals surface area (Å²) in [5.41, 5.74) is 1.76. The fourth-order valence-electron chi connectivity index (χ4n) is 3.65. The first-order valence-electron chi connectivity index (χ1n) is 9.77. The summed E-state index contributed by atoms with van der Waals surface area (Å²) in [6.45, 7) is 4.15. The van der Waals surface area contributed by atoms with Crippen molar-refractivity contribution < 1.29 is 14.4 Å². The number of hydrogen-bond donors (Lipinski definition) is 1. The molecule has 3 rings (SSSR count). The number of anilines is 2. The van der Waals surface area contributed by atoms with Crippen molar-refractivity contribution in [3.63, 3.8) is 0 Å². The summed E-state index contributed by atoms with van der Waals surface area (Å²) in [5.74, 6) is 0.642. The van der Waals surface area contributed by atoms with Crippen molar-refractivity contribution in [1.82, 2.24) is 0 Å². The predicted molar refractivity (Wildman–Crippen MR) is 115 cm³/mol. The lowest BCUT2D eigenvalue weighted by Gasteiger charge is -2.34. The van der Waals surface area contributed by atoms with Gasteiger partial charge in [0.05, 0.1) is 62.2 Å². The first-order valence-corrected chi connectivity index (χ1v) is 10.1. The third kappa shape index (κ3) is 5.20. The van der Waals surface area contributed by atoms with Crippen molar-refractivity contribution in [3.8, 4) is 11.8 Å². The van der Waals surface area contributed by atoms with Gasteiger partial charge in [-0.25, -0.2) is 0 Å². The highest BCUT2D eigenvalue weighted by atomic mass is 35.5. The van der Waals surface area contributed by atoms with Crippen LogP contribution in [0.4, 0.5) is 11.4 Å². The Morgan fingerprint density at radius 2 is 1.90 bits per heavy atom. The lowest BCUT2D eigenvalue weighted by molar-refractivity contribution is -0.892. The topological polar surface area (TPSA) is 61.0 Å². The lowest BCUT2D eigenvalue weighted by Crippen LogP contribution is -3.16. The molecule has 0 unspecified atom stereocenters.